The number of aryl methyl sites for hydroxylation is 1. The molecular weight excluding hydrogens is 570 g/mol. The van der Waals surface area contributed by atoms with Gasteiger partial charge in [0.15, 0.2) is 0 Å². The van der Waals surface area contributed by atoms with Crippen LogP contribution in [0, 0.1) is 0 Å². The van der Waals surface area contributed by atoms with Crippen LogP contribution in [0.2, 0.25) is 0 Å². The van der Waals surface area contributed by atoms with Crippen LogP contribution in [-0.2, 0) is 39.0 Å². The summed E-state index contributed by atoms with van der Waals surface area (Å²) in [5.41, 5.74) is 2.97. The van der Waals surface area contributed by atoms with Gasteiger partial charge >= 0.3 is 0 Å². The zero-order valence-electron chi connectivity index (χ0n) is 25.6. The summed E-state index contributed by atoms with van der Waals surface area (Å²) >= 11 is 0. The van der Waals surface area contributed by atoms with Gasteiger partial charge in [0.2, 0.25) is 11.8 Å². The summed E-state index contributed by atoms with van der Waals surface area (Å²) in [6, 6.07) is 33.4. The molecule has 4 aromatic rings. The fourth-order valence-electron chi connectivity index (χ4n) is 5.06. The second kappa shape index (κ2) is 15.3. The highest BCUT2D eigenvalue weighted by atomic mass is 32.2. The molecule has 7 nitrogen and oxygen atoms in total. The largest absolute Gasteiger partial charge is 0.352 e. The van der Waals surface area contributed by atoms with Gasteiger partial charge in [-0.05, 0) is 54.7 Å². The van der Waals surface area contributed by atoms with Gasteiger partial charge in [-0.2, -0.15) is 0 Å². The summed E-state index contributed by atoms with van der Waals surface area (Å²) in [5, 5.41) is 3.07. The Kier molecular flexibility index (Phi) is 11.3. The van der Waals surface area contributed by atoms with Gasteiger partial charge in [-0.3, -0.25) is 13.9 Å². The molecule has 0 aliphatic heterocycles. The van der Waals surface area contributed by atoms with Gasteiger partial charge in [-0.15, -0.1) is 0 Å². The average molecular weight is 612 g/mol. The first kappa shape index (κ1) is 32.5. The predicted molar refractivity (Wildman–Crippen MR) is 176 cm³/mol. The first-order valence-corrected chi connectivity index (χ1v) is 16.5. The zero-order valence-corrected chi connectivity index (χ0v) is 26.4. The molecular formula is C36H41N3O4S. The van der Waals surface area contributed by atoms with Gasteiger partial charge in [0.1, 0.15) is 12.6 Å². The Morgan fingerprint density at radius 3 is 1.89 bits per heavy atom. The standard InChI is InChI=1S/C36H41N3O4S/c1-4-28(3)37-36(41)34(25-29-17-9-6-10-18-29)38(26-30-19-11-7-12-20-30)35(40)27-39(33-24-16-15-21-31(33)5-2)44(42,43)32-22-13-8-14-23-32/h6-24,28,34H,4-5,25-27H2,1-3H3,(H,37,41)/t28-,34-/m1/s1. The minimum atomic E-state index is -4.13. The van der Waals surface area contributed by atoms with Crippen molar-refractivity contribution in [2.24, 2.45) is 0 Å². The highest BCUT2D eigenvalue weighted by Gasteiger charge is 2.35. The van der Waals surface area contributed by atoms with Crippen molar-refractivity contribution in [3.63, 3.8) is 0 Å². The summed E-state index contributed by atoms with van der Waals surface area (Å²) in [6.07, 6.45) is 1.58. The van der Waals surface area contributed by atoms with Crippen LogP contribution in [0.15, 0.2) is 120 Å². The molecule has 0 fully saturated rings. The van der Waals surface area contributed by atoms with Crippen LogP contribution in [0.1, 0.15) is 43.9 Å². The summed E-state index contributed by atoms with van der Waals surface area (Å²) in [6.45, 7) is 5.53. The molecule has 2 amide bonds. The number of sulfonamides is 1. The maximum absolute atomic E-state index is 14.5. The van der Waals surface area contributed by atoms with E-state index < -0.39 is 28.5 Å². The van der Waals surface area contributed by atoms with Crippen molar-refractivity contribution in [2.75, 3.05) is 10.8 Å². The van der Waals surface area contributed by atoms with Gasteiger partial charge in [0.05, 0.1) is 10.6 Å². The topological polar surface area (TPSA) is 86.8 Å². The SMILES string of the molecule is CCc1ccccc1N(CC(=O)N(Cc1ccccc1)[C@H](Cc1ccccc1)C(=O)N[C@H](C)CC)S(=O)(=O)c1ccccc1. The number of nitrogens with zero attached hydrogens (tertiary/aromatic N) is 2. The van der Waals surface area contributed by atoms with Crippen molar-refractivity contribution in [3.05, 3.63) is 132 Å². The maximum Gasteiger partial charge on any atom is 0.264 e. The molecule has 2 atom stereocenters. The number of hydrogen-bond donors (Lipinski definition) is 1. The van der Waals surface area contributed by atoms with Crippen molar-refractivity contribution in [1.29, 1.82) is 0 Å². The lowest BCUT2D eigenvalue weighted by Gasteiger charge is -2.34. The molecule has 0 bridgehead atoms. The van der Waals surface area contributed by atoms with E-state index in [-0.39, 0.29) is 29.8 Å². The van der Waals surface area contributed by atoms with Crippen LogP contribution in [-0.4, -0.2) is 43.8 Å². The zero-order chi connectivity index (χ0) is 31.5. The van der Waals surface area contributed by atoms with Crippen molar-refractivity contribution in [2.45, 2.75) is 63.6 Å². The first-order valence-electron chi connectivity index (χ1n) is 15.1. The highest BCUT2D eigenvalue weighted by molar-refractivity contribution is 7.92. The van der Waals surface area contributed by atoms with Crippen LogP contribution in [0.25, 0.3) is 0 Å². The molecule has 1 N–H and O–H groups in total. The second-order valence-corrected chi connectivity index (χ2v) is 12.7. The fourth-order valence-corrected chi connectivity index (χ4v) is 6.53. The number of hydrogen-bond acceptors (Lipinski definition) is 4. The molecule has 0 aliphatic carbocycles. The van der Waals surface area contributed by atoms with Crippen LogP contribution >= 0.6 is 0 Å². The molecule has 8 heteroatoms. The Bertz CT molecular complexity index is 1610. The lowest BCUT2D eigenvalue weighted by Crippen LogP contribution is -2.54. The monoisotopic (exact) mass is 611 g/mol. The Labute approximate surface area is 261 Å². The van der Waals surface area contributed by atoms with E-state index in [0.717, 1.165) is 23.1 Å². The molecule has 0 unspecified atom stereocenters. The lowest BCUT2D eigenvalue weighted by molar-refractivity contribution is -0.140. The number of carbonyl (C=O) groups is 2. The van der Waals surface area contributed by atoms with Crippen LogP contribution in [0.5, 0.6) is 0 Å². The molecule has 0 saturated carbocycles. The van der Waals surface area contributed by atoms with E-state index in [9.17, 15) is 18.0 Å². The second-order valence-electron chi connectivity index (χ2n) is 10.8. The molecule has 230 valence electrons. The molecule has 0 aliphatic rings. The van der Waals surface area contributed by atoms with E-state index in [0.29, 0.717) is 12.1 Å². The Morgan fingerprint density at radius 2 is 1.30 bits per heavy atom. The number of carbonyl (C=O) groups excluding carboxylic acids is 2. The minimum absolute atomic E-state index is 0.0867. The van der Waals surface area contributed by atoms with Crippen molar-refractivity contribution < 1.29 is 18.0 Å². The molecule has 0 radical (unpaired) electrons. The van der Waals surface area contributed by atoms with E-state index in [2.05, 4.69) is 5.32 Å². The van der Waals surface area contributed by atoms with E-state index in [1.807, 2.05) is 93.6 Å². The van der Waals surface area contributed by atoms with Crippen LogP contribution in [0.4, 0.5) is 5.69 Å². The molecule has 0 heterocycles. The van der Waals surface area contributed by atoms with E-state index in [4.69, 9.17) is 0 Å². The van der Waals surface area contributed by atoms with Crippen LogP contribution < -0.4 is 9.62 Å². The van der Waals surface area contributed by atoms with Crippen molar-refractivity contribution in [3.8, 4) is 0 Å². The number of anilines is 1. The highest BCUT2D eigenvalue weighted by Crippen LogP contribution is 2.28. The predicted octanol–water partition coefficient (Wildman–Crippen LogP) is 6.00. The van der Waals surface area contributed by atoms with Gasteiger partial charge in [-0.1, -0.05) is 111 Å². The number of para-hydroxylation sites is 1. The molecule has 4 aromatic carbocycles. The third-order valence-corrected chi connectivity index (χ3v) is 9.49. The Hall–Kier alpha value is -4.43. The smallest absolute Gasteiger partial charge is 0.264 e. The van der Waals surface area contributed by atoms with Gasteiger partial charge < -0.3 is 10.2 Å². The minimum Gasteiger partial charge on any atom is -0.352 e. The summed E-state index contributed by atoms with van der Waals surface area (Å²) in [4.78, 5) is 30.0. The molecule has 4 rings (SSSR count). The molecule has 44 heavy (non-hydrogen) atoms. The number of amides is 2. The lowest BCUT2D eigenvalue weighted by atomic mass is 10.0. The van der Waals surface area contributed by atoms with E-state index >= 15 is 0 Å². The Balaban J connectivity index is 1.81. The number of nitrogens with one attached hydrogen (secondary N) is 1. The number of rotatable bonds is 14. The summed E-state index contributed by atoms with van der Waals surface area (Å²) in [5.74, 6) is -0.751. The molecule has 0 spiro atoms. The maximum atomic E-state index is 14.5. The first-order chi connectivity index (χ1) is 21.2. The Morgan fingerprint density at radius 1 is 0.750 bits per heavy atom. The summed E-state index contributed by atoms with van der Waals surface area (Å²) in [7, 11) is -4.13. The molecule has 0 saturated heterocycles. The van der Waals surface area contributed by atoms with Gasteiger partial charge in [0.25, 0.3) is 10.0 Å². The molecule has 0 aromatic heterocycles. The van der Waals surface area contributed by atoms with E-state index in [1.165, 1.54) is 21.3 Å². The number of benzene rings is 4. The quantitative estimate of drug-likeness (QED) is 0.190. The van der Waals surface area contributed by atoms with E-state index in [1.54, 1.807) is 30.3 Å². The summed E-state index contributed by atoms with van der Waals surface area (Å²) < 4.78 is 29.5. The third-order valence-electron chi connectivity index (χ3n) is 7.72. The fraction of sp³-hybridized carbons (Fsp3) is 0.278. The van der Waals surface area contributed by atoms with Gasteiger partial charge in [0, 0.05) is 19.0 Å². The van der Waals surface area contributed by atoms with Crippen molar-refractivity contribution >= 4 is 27.5 Å². The van der Waals surface area contributed by atoms with Crippen LogP contribution in [0.3, 0.4) is 0 Å². The average Bonchev–Trinajstić information content (AvgIpc) is 3.06. The third kappa shape index (κ3) is 8.14. The van der Waals surface area contributed by atoms with Gasteiger partial charge in [-0.25, -0.2) is 8.42 Å². The normalized spacial score (nSPS) is 12.6. The van der Waals surface area contributed by atoms with Crippen molar-refractivity contribution in [1.82, 2.24) is 10.2 Å².